The minimum Gasteiger partial charge on any atom is -0.367 e. The molecule has 1 saturated heterocycles. The second-order valence-corrected chi connectivity index (χ2v) is 6.16. The quantitative estimate of drug-likeness (QED) is 0.760. The first kappa shape index (κ1) is 12.8. The number of halogens is 1. The maximum atomic E-state index is 9.33. The lowest BCUT2D eigenvalue weighted by atomic mass is 9.78. The Bertz CT molecular complexity index is 504. The van der Waals surface area contributed by atoms with Crippen LogP contribution < -0.4 is 4.90 Å². The summed E-state index contributed by atoms with van der Waals surface area (Å²) < 4.78 is 0. The SMILES string of the molecule is N#Cc1cc(Cl)ccc1N1CCC[C@H]2CCCC[C@H]21. The van der Waals surface area contributed by atoms with Crippen molar-refractivity contribution < 1.29 is 0 Å². The summed E-state index contributed by atoms with van der Waals surface area (Å²) in [5.74, 6) is 0.824. The van der Waals surface area contributed by atoms with Crippen LogP contribution in [0.4, 0.5) is 5.69 Å². The summed E-state index contributed by atoms with van der Waals surface area (Å²) in [7, 11) is 0. The Morgan fingerprint density at radius 3 is 2.79 bits per heavy atom. The van der Waals surface area contributed by atoms with Gasteiger partial charge in [-0.2, -0.15) is 5.26 Å². The average Bonchev–Trinajstić information content (AvgIpc) is 2.46. The Labute approximate surface area is 120 Å². The number of fused-ring (bicyclic) bond motifs is 1. The van der Waals surface area contributed by atoms with Gasteiger partial charge in [0, 0.05) is 17.6 Å². The Kier molecular flexibility index (Phi) is 3.66. The van der Waals surface area contributed by atoms with Crippen molar-refractivity contribution in [2.75, 3.05) is 11.4 Å². The number of nitrogens with zero attached hydrogens (tertiary/aromatic N) is 2. The molecule has 3 rings (SSSR count). The van der Waals surface area contributed by atoms with E-state index < -0.39 is 0 Å². The molecule has 1 aromatic carbocycles. The van der Waals surface area contributed by atoms with Gasteiger partial charge in [-0.1, -0.05) is 24.4 Å². The lowest BCUT2D eigenvalue weighted by Gasteiger charge is -2.45. The molecule has 1 heterocycles. The van der Waals surface area contributed by atoms with Crippen molar-refractivity contribution in [1.82, 2.24) is 0 Å². The number of nitriles is 1. The van der Waals surface area contributed by atoms with Crippen LogP contribution in [0.2, 0.25) is 5.02 Å². The van der Waals surface area contributed by atoms with E-state index >= 15 is 0 Å². The molecule has 0 aromatic heterocycles. The van der Waals surface area contributed by atoms with Gasteiger partial charge in [-0.15, -0.1) is 0 Å². The van der Waals surface area contributed by atoms with Crippen molar-refractivity contribution in [3.63, 3.8) is 0 Å². The standard InChI is InChI=1S/C16H19ClN2/c17-14-7-8-16(13(10-14)11-18)19-9-3-5-12-4-1-2-6-15(12)19/h7-8,10,12,15H,1-6,9H2/t12-,15-/m1/s1. The van der Waals surface area contributed by atoms with Gasteiger partial charge in [0.15, 0.2) is 0 Å². The maximum Gasteiger partial charge on any atom is 0.101 e. The third kappa shape index (κ3) is 2.44. The Balaban J connectivity index is 1.94. The normalized spacial score (nSPS) is 26.6. The first-order valence-electron chi connectivity index (χ1n) is 7.26. The van der Waals surface area contributed by atoms with Gasteiger partial charge in [0.05, 0.1) is 11.3 Å². The van der Waals surface area contributed by atoms with Crippen LogP contribution in [0.15, 0.2) is 18.2 Å². The lowest BCUT2D eigenvalue weighted by molar-refractivity contribution is 0.244. The zero-order chi connectivity index (χ0) is 13.2. The van der Waals surface area contributed by atoms with Crippen molar-refractivity contribution in [2.45, 2.75) is 44.6 Å². The van der Waals surface area contributed by atoms with Crippen LogP contribution in [-0.2, 0) is 0 Å². The number of rotatable bonds is 1. The molecule has 19 heavy (non-hydrogen) atoms. The highest BCUT2D eigenvalue weighted by Crippen LogP contribution is 2.39. The fourth-order valence-corrected chi connectivity index (χ4v) is 3.94. The van der Waals surface area contributed by atoms with Crippen LogP contribution in [0, 0.1) is 17.2 Å². The van der Waals surface area contributed by atoms with Crippen LogP contribution in [0.3, 0.4) is 0 Å². The highest BCUT2D eigenvalue weighted by atomic mass is 35.5. The van der Waals surface area contributed by atoms with Gasteiger partial charge < -0.3 is 4.90 Å². The largest absolute Gasteiger partial charge is 0.367 e. The summed E-state index contributed by atoms with van der Waals surface area (Å²) in [5.41, 5.74) is 1.81. The number of anilines is 1. The predicted octanol–water partition coefficient (Wildman–Crippen LogP) is 4.37. The van der Waals surface area contributed by atoms with E-state index in [1.807, 2.05) is 12.1 Å². The Morgan fingerprint density at radius 2 is 1.95 bits per heavy atom. The van der Waals surface area contributed by atoms with Crippen molar-refractivity contribution in [3.8, 4) is 6.07 Å². The fraction of sp³-hybridized carbons (Fsp3) is 0.562. The smallest absolute Gasteiger partial charge is 0.101 e. The summed E-state index contributed by atoms with van der Waals surface area (Å²) in [6.45, 7) is 1.08. The van der Waals surface area contributed by atoms with Crippen molar-refractivity contribution >= 4 is 17.3 Å². The summed E-state index contributed by atoms with van der Waals surface area (Å²) in [4.78, 5) is 2.47. The molecule has 1 aromatic rings. The number of piperidine rings is 1. The van der Waals surface area contributed by atoms with Crippen LogP contribution in [0.5, 0.6) is 0 Å². The van der Waals surface area contributed by atoms with Gasteiger partial charge in [-0.3, -0.25) is 0 Å². The zero-order valence-electron chi connectivity index (χ0n) is 11.1. The molecule has 1 saturated carbocycles. The molecule has 0 amide bonds. The van der Waals surface area contributed by atoms with Gasteiger partial charge in [0.25, 0.3) is 0 Å². The van der Waals surface area contributed by atoms with Crippen LogP contribution in [0.1, 0.15) is 44.1 Å². The van der Waals surface area contributed by atoms with E-state index in [1.165, 1.54) is 38.5 Å². The molecule has 2 nitrogen and oxygen atoms in total. The van der Waals surface area contributed by atoms with Crippen LogP contribution in [-0.4, -0.2) is 12.6 Å². The Hall–Kier alpha value is -1.20. The average molecular weight is 275 g/mol. The number of benzene rings is 1. The van der Waals surface area contributed by atoms with E-state index in [0.29, 0.717) is 11.1 Å². The first-order chi connectivity index (χ1) is 9.29. The fourth-order valence-electron chi connectivity index (χ4n) is 3.77. The van der Waals surface area contributed by atoms with Crippen molar-refractivity contribution in [3.05, 3.63) is 28.8 Å². The van der Waals surface area contributed by atoms with Crippen molar-refractivity contribution in [1.29, 1.82) is 5.26 Å². The molecule has 100 valence electrons. The molecular formula is C16H19ClN2. The van der Waals surface area contributed by atoms with Gasteiger partial charge in [-0.05, 0) is 49.8 Å². The van der Waals surface area contributed by atoms with Crippen LogP contribution >= 0.6 is 11.6 Å². The molecule has 1 aliphatic carbocycles. The van der Waals surface area contributed by atoms with Gasteiger partial charge >= 0.3 is 0 Å². The molecule has 0 bridgehead atoms. The van der Waals surface area contributed by atoms with Crippen molar-refractivity contribution in [2.24, 2.45) is 5.92 Å². The molecule has 0 spiro atoms. The molecule has 1 aliphatic heterocycles. The van der Waals surface area contributed by atoms with Crippen LogP contribution in [0.25, 0.3) is 0 Å². The Morgan fingerprint density at radius 1 is 1.16 bits per heavy atom. The highest BCUT2D eigenvalue weighted by molar-refractivity contribution is 6.30. The van der Waals surface area contributed by atoms with E-state index in [2.05, 4.69) is 11.0 Å². The first-order valence-corrected chi connectivity index (χ1v) is 7.63. The summed E-state index contributed by atoms with van der Waals surface area (Å²) in [6.07, 6.45) is 7.94. The molecule has 3 heteroatoms. The third-order valence-electron chi connectivity index (χ3n) is 4.63. The molecule has 2 aliphatic rings. The molecule has 0 radical (unpaired) electrons. The minimum atomic E-state index is 0.635. The highest BCUT2D eigenvalue weighted by Gasteiger charge is 2.34. The maximum absolute atomic E-state index is 9.33. The topological polar surface area (TPSA) is 27.0 Å². The second-order valence-electron chi connectivity index (χ2n) is 5.72. The van der Waals surface area contributed by atoms with E-state index in [9.17, 15) is 5.26 Å². The second kappa shape index (κ2) is 5.43. The predicted molar refractivity (Wildman–Crippen MR) is 78.5 cm³/mol. The van der Waals surface area contributed by atoms with E-state index in [1.54, 1.807) is 6.07 Å². The monoisotopic (exact) mass is 274 g/mol. The summed E-state index contributed by atoms with van der Waals surface area (Å²) >= 11 is 6.00. The number of hydrogen-bond donors (Lipinski definition) is 0. The molecule has 0 unspecified atom stereocenters. The summed E-state index contributed by atoms with van der Waals surface area (Å²) in [6, 6.07) is 8.67. The summed E-state index contributed by atoms with van der Waals surface area (Å²) in [5, 5.41) is 9.98. The van der Waals surface area contributed by atoms with E-state index in [-0.39, 0.29) is 0 Å². The molecule has 2 atom stereocenters. The zero-order valence-corrected chi connectivity index (χ0v) is 11.9. The molecule has 2 fully saturated rings. The minimum absolute atomic E-state index is 0.635. The van der Waals surface area contributed by atoms with Gasteiger partial charge in [0.1, 0.15) is 6.07 Å². The van der Waals surface area contributed by atoms with E-state index in [0.717, 1.165) is 23.7 Å². The molecular weight excluding hydrogens is 256 g/mol. The van der Waals surface area contributed by atoms with Gasteiger partial charge in [-0.25, -0.2) is 0 Å². The number of hydrogen-bond acceptors (Lipinski definition) is 2. The third-order valence-corrected chi connectivity index (χ3v) is 4.87. The van der Waals surface area contributed by atoms with Gasteiger partial charge in [0.2, 0.25) is 0 Å². The lowest BCUT2D eigenvalue weighted by Crippen LogP contribution is -2.47. The van der Waals surface area contributed by atoms with E-state index in [4.69, 9.17) is 11.6 Å². The molecule has 0 N–H and O–H groups in total.